The first-order chi connectivity index (χ1) is 8.61. The summed E-state index contributed by atoms with van der Waals surface area (Å²) in [4.78, 5) is 13.7. The molecule has 0 bridgehead atoms. The molecule has 1 saturated heterocycles. The topological polar surface area (TPSA) is 72.6 Å². The van der Waals surface area contributed by atoms with E-state index in [0.29, 0.717) is 22.8 Å². The number of nitrogens with two attached hydrogens (primary N) is 1. The number of rotatable bonds is 2. The second-order valence-corrected chi connectivity index (χ2v) is 5.79. The molecule has 1 aromatic rings. The maximum absolute atomic E-state index is 11.6. The van der Waals surface area contributed by atoms with Gasteiger partial charge in [-0.15, -0.1) is 0 Å². The number of anilines is 2. The van der Waals surface area contributed by atoms with Gasteiger partial charge in [0.2, 0.25) is 0 Å². The Morgan fingerprint density at radius 3 is 2.67 bits per heavy atom. The molecular formula is C12H16N2O3S. The lowest BCUT2D eigenvalue weighted by atomic mass is 10.1. The van der Waals surface area contributed by atoms with Crippen molar-refractivity contribution in [1.29, 1.82) is 0 Å². The molecule has 2 rings (SSSR count). The van der Waals surface area contributed by atoms with E-state index in [0.717, 1.165) is 18.8 Å². The zero-order valence-electron chi connectivity index (χ0n) is 10.2. The summed E-state index contributed by atoms with van der Waals surface area (Å²) in [6.07, 6.45) is 0. The highest BCUT2D eigenvalue weighted by Crippen LogP contribution is 2.23. The number of carbonyl (C=O) groups excluding carboxylic acids is 1. The Kier molecular flexibility index (Phi) is 3.86. The van der Waals surface area contributed by atoms with Crippen molar-refractivity contribution in [1.82, 2.24) is 0 Å². The van der Waals surface area contributed by atoms with E-state index in [1.54, 1.807) is 12.1 Å². The highest BCUT2D eigenvalue weighted by atomic mass is 32.2. The molecule has 0 atom stereocenters. The van der Waals surface area contributed by atoms with Crippen LogP contribution in [0.3, 0.4) is 0 Å². The van der Waals surface area contributed by atoms with Crippen LogP contribution >= 0.6 is 0 Å². The third kappa shape index (κ3) is 2.64. The fourth-order valence-corrected chi connectivity index (χ4v) is 2.98. The Morgan fingerprint density at radius 1 is 1.39 bits per heavy atom. The van der Waals surface area contributed by atoms with Crippen LogP contribution in [0.25, 0.3) is 0 Å². The van der Waals surface area contributed by atoms with Crippen LogP contribution in [0.1, 0.15) is 10.4 Å². The number of methoxy groups -OCH3 is 1. The molecule has 18 heavy (non-hydrogen) atoms. The molecule has 1 fully saturated rings. The maximum atomic E-state index is 11.6. The van der Waals surface area contributed by atoms with Gasteiger partial charge in [0.15, 0.2) is 0 Å². The van der Waals surface area contributed by atoms with E-state index in [4.69, 9.17) is 10.5 Å². The number of benzene rings is 1. The quantitative estimate of drug-likeness (QED) is 0.629. The first-order valence-corrected chi connectivity index (χ1v) is 7.18. The predicted molar refractivity (Wildman–Crippen MR) is 72.3 cm³/mol. The summed E-state index contributed by atoms with van der Waals surface area (Å²) in [6.45, 7) is 1.47. The van der Waals surface area contributed by atoms with Crippen molar-refractivity contribution >= 4 is 28.1 Å². The molecule has 5 nitrogen and oxygen atoms in total. The Morgan fingerprint density at radius 2 is 2.06 bits per heavy atom. The molecular weight excluding hydrogens is 252 g/mol. The highest BCUT2D eigenvalue weighted by molar-refractivity contribution is 7.85. The minimum Gasteiger partial charge on any atom is -0.465 e. The second-order valence-electron chi connectivity index (χ2n) is 4.10. The number of nitrogens with zero attached hydrogens (tertiary/aromatic N) is 1. The van der Waals surface area contributed by atoms with Gasteiger partial charge in [-0.1, -0.05) is 0 Å². The fraction of sp³-hybridized carbons (Fsp3) is 0.417. The van der Waals surface area contributed by atoms with E-state index in [1.807, 2.05) is 6.07 Å². The van der Waals surface area contributed by atoms with Gasteiger partial charge < -0.3 is 15.4 Å². The molecule has 0 saturated carbocycles. The number of ether oxygens (including phenoxy) is 1. The molecule has 0 radical (unpaired) electrons. The zero-order chi connectivity index (χ0) is 13.1. The van der Waals surface area contributed by atoms with Crippen LogP contribution in [0.5, 0.6) is 0 Å². The van der Waals surface area contributed by atoms with Gasteiger partial charge in [0, 0.05) is 46.8 Å². The number of hydrogen-bond donors (Lipinski definition) is 1. The molecule has 2 N–H and O–H groups in total. The van der Waals surface area contributed by atoms with Crippen LogP contribution in [0, 0.1) is 0 Å². The molecule has 1 aromatic carbocycles. The predicted octanol–water partition coefficient (Wildman–Crippen LogP) is 0.624. The first kappa shape index (κ1) is 12.9. The summed E-state index contributed by atoms with van der Waals surface area (Å²) in [5.41, 5.74) is 7.45. The molecule has 0 unspecified atom stereocenters. The summed E-state index contributed by atoms with van der Waals surface area (Å²) < 4.78 is 16.0. The number of esters is 1. The normalized spacial score (nSPS) is 16.6. The van der Waals surface area contributed by atoms with Crippen molar-refractivity contribution in [2.45, 2.75) is 0 Å². The Balaban J connectivity index is 2.24. The van der Waals surface area contributed by atoms with Crippen LogP contribution in [-0.4, -0.2) is 41.9 Å². The lowest BCUT2D eigenvalue weighted by Gasteiger charge is -2.28. The van der Waals surface area contributed by atoms with Crippen LogP contribution in [0.15, 0.2) is 18.2 Å². The summed E-state index contributed by atoms with van der Waals surface area (Å²) >= 11 is 0. The largest absolute Gasteiger partial charge is 0.465 e. The minimum absolute atomic E-state index is 0.377. The average Bonchev–Trinajstić information content (AvgIpc) is 2.39. The first-order valence-electron chi connectivity index (χ1n) is 5.69. The second kappa shape index (κ2) is 5.39. The van der Waals surface area contributed by atoms with Gasteiger partial charge in [-0.05, 0) is 18.2 Å². The zero-order valence-corrected chi connectivity index (χ0v) is 11.0. The molecule has 1 aliphatic heterocycles. The van der Waals surface area contributed by atoms with E-state index in [-0.39, 0.29) is 0 Å². The van der Waals surface area contributed by atoms with Crippen molar-refractivity contribution in [3.05, 3.63) is 23.8 Å². The Hall–Kier alpha value is -1.56. The lowest BCUT2D eigenvalue weighted by Crippen LogP contribution is -2.37. The van der Waals surface area contributed by atoms with Crippen LogP contribution in [0.4, 0.5) is 11.4 Å². The monoisotopic (exact) mass is 268 g/mol. The Bertz CT molecular complexity index is 480. The van der Waals surface area contributed by atoms with Crippen molar-refractivity contribution in [2.75, 3.05) is 42.3 Å². The van der Waals surface area contributed by atoms with Gasteiger partial charge >= 0.3 is 5.97 Å². The van der Waals surface area contributed by atoms with Gasteiger partial charge in [0.05, 0.1) is 12.7 Å². The van der Waals surface area contributed by atoms with Gasteiger partial charge in [-0.2, -0.15) is 0 Å². The van der Waals surface area contributed by atoms with Crippen LogP contribution in [-0.2, 0) is 15.5 Å². The van der Waals surface area contributed by atoms with Crippen LogP contribution in [0.2, 0.25) is 0 Å². The van der Waals surface area contributed by atoms with E-state index in [2.05, 4.69) is 4.90 Å². The summed E-state index contributed by atoms with van der Waals surface area (Å²) in [6, 6.07) is 5.30. The molecule has 6 heteroatoms. The summed E-state index contributed by atoms with van der Waals surface area (Å²) in [7, 11) is 0.619. The molecule has 0 spiro atoms. The van der Waals surface area contributed by atoms with E-state index < -0.39 is 16.8 Å². The molecule has 1 heterocycles. The van der Waals surface area contributed by atoms with Crippen molar-refractivity contribution in [3.8, 4) is 0 Å². The SMILES string of the molecule is COC(=O)c1cc(N2CCS(=O)CC2)ccc1N. The smallest absolute Gasteiger partial charge is 0.340 e. The Labute approximate surface area is 108 Å². The van der Waals surface area contributed by atoms with Gasteiger partial charge in [-0.3, -0.25) is 4.21 Å². The van der Waals surface area contributed by atoms with Crippen molar-refractivity contribution in [3.63, 3.8) is 0 Å². The molecule has 0 aliphatic carbocycles. The molecule has 0 amide bonds. The van der Waals surface area contributed by atoms with Gasteiger partial charge in [0.1, 0.15) is 0 Å². The molecule has 1 aliphatic rings. The summed E-state index contributed by atoms with van der Waals surface area (Å²) in [5.74, 6) is 0.894. The molecule has 0 aromatic heterocycles. The van der Waals surface area contributed by atoms with Crippen molar-refractivity contribution < 1.29 is 13.7 Å². The van der Waals surface area contributed by atoms with E-state index >= 15 is 0 Å². The summed E-state index contributed by atoms with van der Waals surface area (Å²) in [5, 5.41) is 0. The third-order valence-corrected chi connectivity index (χ3v) is 4.26. The third-order valence-electron chi connectivity index (χ3n) is 2.99. The van der Waals surface area contributed by atoms with E-state index in [9.17, 15) is 9.00 Å². The minimum atomic E-state index is -0.713. The number of hydrogen-bond acceptors (Lipinski definition) is 5. The maximum Gasteiger partial charge on any atom is 0.340 e. The highest BCUT2D eigenvalue weighted by Gasteiger charge is 2.18. The number of nitrogen functional groups attached to an aromatic ring is 1. The fourth-order valence-electron chi connectivity index (χ4n) is 1.92. The number of carbonyl (C=O) groups is 1. The van der Waals surface area contributed by atoms with Gasteiger partial charge in [0.25, 0.3) is 0 Å². The van der Waals surface area contributed by atoms with Gasteiger partial charge in [-0.25, -0.2) is 4.79 Å². The standard InChI is InChI=1S/C12H16N2O3S/c1-17-12(15)10-8-9(2-3-11(10)13)14-4-6-18(16)7-5-14/h2-3,8H,4-7,13H2,1H3. The molecule has 98 valence electrons. The van der Waals surface area contributed by atoms with Crippen LogP contribution < -0.4 is 10.6 Å². The van der Waals surface area contributed by atoms with Crippen molar-refractivity contribution in [2.24, 2.45) is 0 Å². The lowest BCUT2D eigenvalue weighted by molar-refractivity contribution is 0.0602. The average molecular weight is 268 g/mol. The van der Waals surface area contributed by atoms with E-state index in [1.165, 1.54) is 7.11 Å².